The molecule has 14 heavy (non-hydrogen) atoms. The van der Waals surface area contributed by atoms with Gasteiger partial charge in [0.05, 0.1) is 18.2 Å². The van der Waals surface area contributed by atoms with E-state index < -0.39 is 0 Å². The second-order valence-electron chi connectivity index (χ2n) is 3.02. The van der Waals surface area contributed by atoms with Gasteiger partial charge in [-0.25, -0.2) is 5.10 Å². The van der Waals surface area contributed by atoms with Crippen molar-refractivity contribution < 1.29 is 4.74 Å². The van der Waals surface area contributed by atoms with E-state index in [1.54, 1.807) is 13.2 Å². The zero-order valence-electron chi connectivity index (χ0n) is 8.00. The molecule has 0 saturated carbocycles. The summed E-state index contributed by atoms with van der Waals surface area (Å²) in [5.41, 5.74) is 0.571. The molecule has 0 radical (unpaired) electrons. The second-order valence-corrected chi connectivity index (χ2v) is 3.02. The van der Waals surface area contributed by atoms with Gasteiger partial charge in [0.2, 0.25) is 0 Å². The Kier molecular flexibility index (Phi) is 1.96. The Bertz CT molecular complexity index is 531. The number of hydrogen-bond donors (Lipinski definition) is 1. The largest absolute Gasteiger partial charge is 0.496 e. The Balaban J connectivity index is 2.99. The van der Waals surface area contributed by atoms with Gasteiger partial charge in [0.25, 0.3) is 5.56 Å². The SMILES string of the molecule is COc1cccc2c(C)n[nH]c(=O)c12. The van der Waals surface area contributed by atoms with Crippen molar-refractivity contribution in [2.75, 3.05) is 7.11 Å². The van der Waals surface area contributed by atoms with Crippen LogP contribution in [0.2, 0.25) is 0 Å². The van der Waals surface area contributed by atoms with Crippen LogP contribution in [0.5, 0.6) is 5.75 Å². The number of aryl methyl sites for hydroxylation is 1. The fourth-order valence-electron chi connectivity index (χ4n) is 1.49. The average Bonchev–Trinajstić information content (AvgIpc) is 2.23. The lowest BCUT2D eigenvalue weighted by molar-refractivity contribution is 0.419. The van der Waals surface area contributed by atoms with Gasteiger partial charge >= 0.3 is 0 Å². The van der Waals surface area contributed by atoms with Gasteiger partial charge in [0, 0.05) is 5.39 Å². The van der Waals surface area contributed by atoms with Crippen molar-refractivity contribution in [3.8, 4) is 5.75 Å². The molecule has 0 amide bonds. The third kappa shape index (κ3) is 1.16. The van der Waals surface area contributed by atoms with Crippen LogP contribution in [0.15, 0.2) is 23.0 Å². The van der Waals surface area contributed by atoms with Crippen LogP contribution < -0.4 is 10.3 Å². The molecule has 0 unspecified atom stereocenters. The molecule has 4 heteroatoms. The monoisotopic (exact) mass is 190 g/mol. The molecule has 0 spiro atoms. The van der Waals surface area contributed by atoms with Crippen LogP contribution in [0.3, 0.4) is 0 Å². The van der Waals surface area contributed by atoms with E-state index in [-0.39, 0.29) is 5.56 Å². The number of nitrogens with zero attached hydrogens (tertiary/aromatic N) is 1. The van der Waals surface area contributed by atoms with Crippen molar-refractivity contribution in [2.24, 2.45) is 0 Å². The van der Waals surface area contributed by atoms with Crippen molar-refractivity contribution in [1.29, 1.82) is 0 Å². The number of benzene rings is 1. The first-order valence-electron chi connectivity index (χ1n) is 4.26. The zero-order chi connectivity index (χ0) is 10.1. The number of aromatic amines is 1. The Morgan fingerprint density at radius 1 is 1.43 bits per heavy atom. The summed E-state index contributed by atoms with van der Waals surface area (Å²) in [5, 5.41) is 7.71. The summed E-state index contributed by atoms with van der Waals surface area (Å²) >= 11 is 0. The fraction of sp³-hybridized carbons (Fsp3) is 0.200. The van der Waals surface area contributed by atoms with Crippen LogP contribution in [0, 0.1) is 6.92 Å². The number of rotatable bonds is 1. The molecule has 4 nitrogen and oxygen atoms in total. The standard InChI is InChI=1S/C10H10N2O2/c1-6-7-4-3-5-8(14-2)9(7)10(13)12-11-6/h3-5H,1-2H3,(H,12,13). The Morgan fingerprint density at radius 2 is 2.21 bits per heavy atom. The van der Waals surface area contributed by atoms with Gasteiger partial charge in [0.15, 0.2) is 0 Å². The van der Waals surface area contributed by atoms with E-state index in [4.69, 9.17) is 4.74 Å². The van der Waals surface area contributed by atoms with E-state index in [2.05, 4.69) is 10.2 Å². The quantitative estimate of drug-likeness (QED) is 0.736. The first-order valence-corrected chi connectivity index (χ1v) is 4.26. The van der Waals surface area contributed by atoms with E-state index in [0.717, 1.165) is 11.1 Å². The first kappa shape index (κ1) is 8.74. The number of H-pyrrole nitrogens is 1. The molecule has 1 N–H and O–H groups in total. The third-order valence-electron chi connectivity index (χ3n) is 2.19. The maximum absolute atomic E-state index is 11.5. The second kappa shape index (κ2) is 3.14. The van der Waals surface area contributed by atoms with Crippen molar-refractivity contribution in [3.63, 3.8) is 0 Å². The van der Waals surface area contributed by atoms with E-state index in [1.807, 2.05) is 19.1 Å². The van der Waals surface area contributed by atoms with Crippen LogP contribution in [-0.4, -0.2) is 17.3 Å². The molecule has 0 fully saturated rings. The molecule has 1 aromatic heterocycles. The summed E-state index contributed by atoms with van der Waals surface area (Å²) in [5.74, 6) is 0.578. The predicted octanol–water partition coefficient (Wildman–Crippen LogP) is 1.24. The van der Waals surface area contributed by atoms with Crippen LogP contribution in [-0.2, 0) is 0 Å². The van der Waals surface area contributed by atoms with Crippen LogP contribution in [0.25, 0.3) is 10.8 Å². The maximum Gasteiger partial charge on any atom is 0.275 e. The zero-order valence-corrected chi connectivity index (χ0v) is 8.00. The molecule has 0 atom stereocenters. The lowest BCUT2D eigenvalue weighted by Gasteiger charge is -2.04. The van der Waals surface area contributed by atoms with Gasteiger partial charge in [-0.15, -0.1) is 0 Å². The van der Waals surface area contributed by atoms with Gasteiger partial charge in [-0.1, -0.05) is 12.1 Å². The number of fused-ring (bicyclic) bond motifs is 1. The van der Waals surface area contributed by atoms with Gasteiger partial charge in [-0.2, -0.15) is 5.10 Å². The highest BCUT2D eigenvalue weighted by molar-refractivity contribution is 5.88. The summed E-state index contributed by atoms with van der Waals surface area (Å²) < 4.78 is 5.12. The molecule has 2 aromatic rings. The molecule has 0 bridgehead atoms. The Morgan fingerprint density at radius 3 is 2.93 bits per heavy atom. The highest BCUT2D eigenvalue weighted by atomic mass is 16.5. The first-order chi connectivity index (χ1) is 6.74. The molecule has 1 heterocycles. The maximum atomic E-state index is 11.5. The third-order valence-corrected chi connectivity index (χ3v) is 2.19. The smallest absolute Gasteiger partial charge is 0.275 e. The average molecular weight is 190 g/mol. The summed E-state index contributed by atoms with van der Waals surface area (Å²) in [6.45, 7) is 1.84. The molecular weight excluding hydrogens is 180 g/mol. The van der Waals surface area contributed by atoms with E-state index in [1.165, 1.54) is 0 Å². The number of nitrogens with one attached hydrogen (secondary N) is 1. The molecular formula is C10H10N2O2. The van der Waals surface area contributed by atoms with Crippen molar-refractivity contribution in [2.45, 2.75) is 6.92 Å². The highest BCUT2D eigenvalue weighted by Crippen LogP contribution is 2.22. The highest BCUT2D eigenvalue weighted by Gasteiger charge is 2.07. The summed E-state index contributed by atoms with van der Waals surface area (Å²) in [4.78, 5) is 11.5. The van der Waals surface area contributed by atoms with Crippen molar-refractivity contribution >= 4 is 10.8 Å². The van der Waals surface area contributed by atoms with Crippen LogP contribution in [0.4, 0.5) is 0 Å². The molecule has 1 aromatic carbocycles. The number of methoxy groups -OCH3 is 1. The van der Waals surface area contributed by atoms with Crippen LogP contribution >= 0.6 is 0 Å². The van der Waals surface area contributed by atoms with Gasteiger partial charge in [-0.05, 0) is 13.0 Å². The minimum Gasteiger partial charge on any atom is -0.496 e. The molecule has 0 aliphatic carbocycles. The number of hydrogen-bond acceptors (Lipinski definition) is 3. The normalized spacial score (nSPS) is 10.4. The Hall–Kier alpha value is -1.84. The Labute approximate surface area is 80.5 Å². The summed E-state index contributed by atoms with van der Waals surface area (Å²) in [6, 6.07) is 5.46. The topological polar surface area (TPSA) is 55.0 Å². The van der Waals surface area contributed by atoms with Gasteiger partial charge < -0.3 is 4.74 Å². The summed E-state index contributed by atoms with van der Waals surface area (Å²) in [7, 11) is 1.55. The molecule has 72 valence electrons. The molecule has 0 saturated heterocycles. The number of aromatic nitrogens is 2. The predicted molar refractivity (Wildman–Crippen MR) is 53.7 cm³/mol. The van der Waals surface area contributed by atoms with Crippen molar-refractivity contribution in [1.82, 2.24) is 10.2 Å². The minimum atomic E-state index is -0.219. The van der Waals surface area contributed by atoms with Crippen molar-refractivity contribution in [3.05, 3.63) is 34.2 Å². The summed E-state index contributed by atoms with van der Waals surface area (Å²) in [6.07, 6.45) is 0. The van der Waals surface area contributed by atoms with E-state index in [9.17, 15) is 4.79 Å². The van der Waals surface area contributed by atoms with Gasteiger partial charge in [-0.3, -0.25) is 4.79 Å². The van der Waals surface area contributed by atoms with Gasteiger partial charge in [0.1, 0.15) is 5.75 Å². The van der Waals surface area contributed by atoms with Crippen LogP contribution in [0.1, 0.15) is 5.69 Å². The van der Waals surface area contributed by atoms with E-state index in [0.29, 0.717) is 11.1 Å². The lowest BCUT2D eigenvalue weighted by Crippen LogP contribution is -2.10. The number of ether oxygens (including phenoxy) is 1. The van der Waals surface area contributed by atoms with E-state index >= 15 is 0 Å². The minimum absolute atomic E-state index is 0.219. The fourth-order valence-corrected chi connectivity index (χ4v) is 1.49. The molecule has 2 rings (SSSR count). The molecule has 0 aliphatic heterocycles. The lowest BCUT2D eigenvalue weighted by atomic mass is 10.1. The molecule has 0 aliphatic rings.